The number of nitrogens with zero attached hydrogens (tertiary/aromatic N) is 1. The van der Waals surface area contributed by atoms with Gasteiger partial charge < -0.3 is 10.2 Å². The molecule has 116 valence electrons. The van der Waals surface area contributed by atoms with Gasteiger partial charge in [0, 0.05) is 23.5 Å². The molecular weight excluding hydrogens is 281 g/mol. The van der Waals surface area contributed by atoms with Crippen LogP contribution in [0, 0.1) is 0 Å². The Morgan fingerprint density at radius 3 is 2.48 bits per heavy atom. The second-order valence-electron chi connectivity index (χ2n) is 5.32. The molecule has 0 aliphatic heterocycles. The second kappa shape index (κ2) is 6.07. The molecule has 1 aromatic carbocycles. The van der Waals surface area contributed by atoms with Crippen molar-refractivity contribution in [2.45, 2.75) is 39.2 Å². The normalized spacial score (nSPS) is 12.8. The zero-order chi connectivity index (χ0) is 15.6. The van der Waals surface area contributed by atoms with Crippen molar-refractivity contribution in [1.29, 1.82) is 0 Å². The maximum absolute atomic E-state index is 12.7. The molecule has 0 spiro atoms. The molecule has 0 unspecified atom stereocenters. The highest BCUT2D eigenvalue weighted by atomic mass is 19.4. The predicted molar refractivity (Wildman–Crippen MR) is 75.7 cm³/mol. The summed E-state index contributed by atoms with van der Waals surface area (Å²) in [6.07, 6.45) is -4.23. The molecule has 0 fully saturated rings. The molecule has 0 amide bonds. The van der Waals surface area contributed by atoms with E-state index in [1.807, 2.05) is 18.2 Å². The van der Waals surface area contributed by atoms with Gasteiger partial charge in [0.05, 0.1) is 13.1 Å². The average molecular weight is 300 g/mol. The minimum absolute atomic E-state index is 0.167. The summed E-state index contributed by atoms with van der Waals surface area (Å²) in [6.45, 7) is 2.88. The number of rotatable bonds is 5. The van der Waals surface area contributed by atoms with Crippen molar-refractivity contribution in [2.24, 2.45) is 5.73 Å². The Hall–Kier alpha value is -1.53. The van der Waals surface area contributed by atoms with Crippen molar-refractivity contribution in [1.82, 2.24) is 4.90 Å². The summed E-state index contributed by atoms with van der Waals surface area (Å²) in [5.74, 6) is 0.545. The molecule has 2 N–H and O–H groups in total. The number of hydrogen-bond donors (Lipinski definition) is 1. The van der Waals surface area contributed by atoms with E-state index in [4.69, 9.17) is 10.2 Å². The number of nitrogens with two attached hydrogens (primary N) is 1. The van der Waals surface area contributed by atoms with Crippen LogP contribution in [0.4, 0.5) is 13.2 Å². The monoisotopic (exact) mass is 300 g/mol. The molecule has 1 heterocycles. The molecule has 0 aliphatic rings. The molecule has 0 saturated heterocycles. The molecule has 2 aromatic rings. The van der Waals surface area contributed by atoms with E-state index in [0.29, 0.717) is 11.3 Å². The number of para-hydroxylation sites is 1. The van der Waals surface area contributed by atoms with Gasteiger partial charge in [-0.3, -0.25) is 4.90 Å². The third kappa shape index (κ3) is 3.77. The highest BCUT2D eigenvalue weighted by molar-refractivity contribution is 5.82. The van der Waals surface area contributed by atoms with Crippen molar-refractivity contribution in [3.63, 3.8) is 0 Å². The Balaban J connectivity index is 2.36. The molecule has 3 nitrogen and oxygen atoms in total. The molecule has 21 heavy (non-hydrogen) atoms. The molecular formula is C15H19F3N2O. The Morgan fingerprint density at radius 1 is 1.24 bits per heavy atom. The van der Waals surface area contributed by atoms with Gasteiger partial charge in [-0.05, 0) is 19.9 Å². The maximum Gasteiger partial charge on any atom is 0.401 e. The summed E-state index contributed by atoms with van der Waals surface area (Å²) < 4.78 is 43.7. The number of furan rings is 1. The lowest BCUT2D eigenvalue weighted by Crippen LogP contribution is -2.38. The van der Waals surface area contributed by atoms with Crippen LogP contribution in [0.25, 0.3) is 11.0 Å². The van der Waals surface area contributed by atoms with Crippen LogP contribution in [0.3, 0.4) is 0 Å². The van der Waals surface area contributed by atoms with Crippen LogP contribution in [0.1, 0.15) is 25.2 Å². The number of benzene rings is 1. The summed E-state index contributed by atoms with van der Waals surface area (Å²) >= 11 is 0. The largest absolute Gasteiger partial charge is 0.459 e. The van der Waals surface area contributed by atoms with Crippen molar-refractivity contribution in [2.75, 3.05) is 6.54 Å². The Kier molecular flexibility index (Phi) is 4.58. The van der Waals surface area contributed by atoms with Gasteiger partial charge >= 0.3 is 6.18 Å². The van der Waals surface area contributed by atoms with Crippen LogP contribution in [0.15, 0.2) is 28.7 Å². The quantitative estimate of drug-likeness (QED) is 0.916. The van der Waals surface area contributed by atoms with Crippen LogP contribution in [0.5, 0.6) is 0 Å². The lowest BCUT2D eigenvalue weighted by atomic mass is 10.1. The van der Waals surface area contributed by atoms with Crippen LogP contribution < -0.4 is 5.73 Å². The van der Waals surface area contributed by atoms with E-state index in [1.54, 1.807) is 19.9 Å². The zero-order valence-electron chi connectivity index (χ0n) is 12.1. The summed E-state index contributed by atoms with van der Waals surface area (Å²) in [7, 11) is 0. The van der Waals surface area contributed by atoms with E-state index in [-0.39, 0.29) is 19.1 Å². The molecule has 0 atom stereocenters. The van der Waals surface area contributed by atoms with Gasteiger partial charge in [0.1, 0.15) is 11.3 Å². The summed E-state index contributed by atoms with van der Waals surface area (Å²) in [6, 6.07) is 7.07. The number of fused-ring (bicyclic) bond motifs is 1. The Labute approximate surface area is 121 Å². The van der Waals surface area contributed by atoms with Crippen molar-refractivity contribution in [3.8, 4) is 0 Å². The fourth-order valence-electron chi connectivity index (χ4n) is 2.34. The fourth-order valence-corrected chi connectivity index (χ4v) is 2.34. The minimum atomic E-state index is -4.23. The second-order valence-corrected chi connectivity index (χ2v) is 5.32. The van der Waals surface area contributed by atoms with Gasteiger partial charge in [0.15, 0.2) is 0 Å². The number of halogens is 3. The third-order valence-electron chi connectivity index (χ3n) is 3.44. The van der Waals surface area contributed by atoms with Crippen LogP contribution in [-0.4, -0.2) is 23.7 Å². The molecule has 0 radical (unpaired) electrons. The summed E-state index contributed by atoms with van der Waals surface area (Å²) in [4.78, 5) is 1.37. The van der Waals surface area contributed by atoms with Crippen LogP contribution >= 0.6 is 0 Å². The maximum atomic E-state index is 12.7. The van der Waals surface area contributed by atoms with Gasteiger partial charge in [-0.25, -0.2) is 0 Å². The van der Waals surface area contributed by atoms with Crippen molar-refractivity contribution >= 4 is 11.0 Å². The highest BCUT2D eigenvalue weighted by Gasteiger charge is 2.32. The SMILES string of the molecule is CC(C)N(Cc1c(CN)oc2ccccc12)CC(F)(F)F. The van der Waals surface area contributed by atoms with E-state index in [1.165, 1.54) is 4.90 Å². The first-order chi connectivity index (χ1) is 9.81. The first-order valence-electron chi connectivity index (χ1n) is 6.82. The summed E-state index contributed by atoms with van der Waals surface area (Å²) in [5, 5.41) is 0.825. The zero-order valence-corrected chi connectivity index (χ0v) is 12.1. The highest BCUT2D eigenvalue weighted by Crippen LogP contribution is 2.28. The molecule has 0 bridgehead atoms. The predicted octanol–water partition coefficient (Wildman–Crippen LogP) is 3.66. The average Bonchev–Trinajstić information content (AvgIpc) is 2.74. The van der Waals surface area contributed by atoms with Gasteiger partial charge in [0.25, 0.3) is 0 Å². The molecule has 1 aromatic heterocycles. The number of hydrogen-bond acceptors (Lipinski definition) is 3. The van der Waals surface area contributed by atoms with Gasteiger partial charge in [-0.15, -0.1) is 0 Å². The van der Waals surface area contributed by atoms with E-state index in [2.05, 4.69) is 0 Å². The Morgan fingerprint density at radius 2 is 1.90 bits per heavy atom. The Bertz CT molecular complexity index is 604. The van der Waals surface area contributed by atoms with Gasteiger partial charge in [-0.2, -0.15) is 13.2 Å². The first kappa shape index (κ1) is 15.9. The van der Waals surface area contributed by atoms with Crippen molar-refractivity contribution in [3.05, 3.63) is 35.6 Å². The molecule has 0 saturated carbocycles. The first-order valence-corrected chi connectivity index (χ1v) is 6.82. The topological polar surface area (TPSA) is 42.4 Å². The molecule has 0 aliphatic carbocycles. The van der Waals surface area contributed by atoms with E-state index in [0.717, 1.165) is 10.9 Å². The smallest absolute Gasteiger partial charge is 0.401 e. The lowest BCUT2D eigenvalue weighted by Gasteiger charge is -2.27. The standard InChI is InChI=1S/C15H19F3N2O/c1-10(2)20(9-15(16,17)18)8-12-11-5-3-4-6-13(11)21-14(12)7-19/h3-6,10H,7-9,19H2,1-2H3. The molecule has 2 rings (SSSR count). The minimum Gasteiger partial charge on any atom is -0.459 e. The fraction of sp³-hybridized carbons (Fsp3) is 0.467. The van der Waals surface area contributed by atoms with Crippen molar-refractivity contribution < 1.29 is 17.6 Å². The molecule has 6 heteroatoms. The van der Waals surface area contributed by atoms with Crippen LogP contribution in [-0.2, 0) is 13.1 Å². The lowest BCUT2D eigenvalue weighted by molar-refractivity contribution is -0.150. The van der Waals surface area contributed by atoms with E-state index >= 15 is 0 Å². The van der Waals surface area contributed by atoms with E-state index < -0.39 is 12.7 Å². The van der Waals surface area contributed by atoms with Gasteiger partial charge in [0.2, 0.25) is 0 Å². The van der Waals surface area contributed by atoms with E-state index in [9.17, 15) is 13.2 Å². The van der Waals surface area contributed by atoms with Gasteiger partial charge in [-0.1, -0.05) is 18.2 Å². The van der Waals surface area contributed by atoms with Crippen LogP contribution in [0.2, 0.25) is 0 Å². The third-order valence-corrected chi connectivity index (χ3v) is 3.44. The summed E-state index contributed by atoms with van der Waals surface area (Å²) in [5.41, 5.74) is 7.06. The number of alkyl halides is 3.